The van der Waals surface area contributed by atoms with E-state index < -0.39 is 10.0 Å². The number of hydrogen-bond acceptors (Lipinski definition) is 5. The van der Waals surface area contributed by atoms with Crippen LogP contribution in [0.15, 0.2) is 28.0 Å². The molecule has 1 aliphatic heterocycles. The lowest BCUT2D eigenvalue weighted by Crippen LogP contribution is -2.27. The van der Waals surface area contributed by atoms with E-state index >= 15 is 0 Å². The highest BCUT2D eigenvalue weighted by molar-refractivity contribution is 8.00. The summed E-state index contributed by atoms with van der Waals surface area (Å²) in [6.07, 6.45) is 0.410. The maximum atomic E-state index is 12.1. The van der Waals surface area contributed by atoms with E-state index in [0.29, 0.717) is 18.7 Å². The Hall–Kier alpha value is -1.09. The number of carbonyl (C=O) groups is 1. The monoisotopic (exact) mass is 330 g/mol. The summed E-state index contributed by atoms with van der Waals surface area (Å²) in [7, 11) is -2.09. The van der Waals surface area contributed by atoms with Crippen LogP contribution < -0.4 is 10.0 Å². The van der Waals surface area contributed by atoms with Crippen LogP contribution in [-0.2, 0) is 19.6 Å². The summed E-state index contributed by atoms with van der Waals surface area (Å²) in [6.45, 7) is 2.47. The first-order valence-corrected chi connectivity index (χ1v) is 8.88. The van der Waals surface area contributed by atoms with Crippen LogP contribution in [0.3, 0.4) is 0 Å². The fraction of sp³-hybridized carbons (Fsp3) is 0.462. The number of carbonyl (C=O) groups excluding carboxylic acids is 1. The maximum Gasteiger partial charge on any atom is 0.240 e. The first-order valence-electron chi connectivity index (χ1n) is 6.51. The van der Waals surface area contributed by atoms with E-state index in [2.05, 4.69) is 10.0 Å². The number of anilines is 1. The quantitative estimate of drug-likeness (QED) is 0.798. The zero-order valence-corrected chi connectivity index (χ0v) is 13.5. The Bertz CT molecular complexity index is 631. The van der Waals surface area contributed by atoms with Crippen LogP contribution in [0.5, 0.6) is 0 Å². The van der Waals surface area contributed by atoms with Crippen LogP contribution in [0, 0.1) is 0 Å². The molecule has 0 bridgehead atoms. The van der Waals surface area contributed by atoms with Crippen molar-refractivity contribution in [2.24, 2.45) is 0 Å². The molecule has 1 atom stereocenters. The fourth-order valence-corrected chi connectivity index (χ4v) is 4.05. The van der Waals surface area contributed by atoms with Crippen molar-refractivity contribution >= 4 is 33.4 Å². The topological polar surface area (TPSA) is 84.5 Å². The van der Waals surface area contributed by atoms with Gasteiger partial charge in [0, 0.05) is 30.2 Å². The number of fused-ring (bicyclic) bond motifs is 1. The Labute approximate surface area is 128 Å². The molecule has 1 aromatic rings. The van der Waals surface area contributed by atoms with Crippen molar-refractivity contribution in [1.29, 1.82) is 0 Å². The second kappa shape index (κ2) is 6.78. The van der Waals surface area contributed by atoms with Gasteiger partial charge >= 0.3 is 0 Å². The molecule has 6 nitrogen and oxygen atoms in total. The molecule has 0 aromatic heterocycles. The van der Waals surface area contributed by atoms with Crippen LogP contribution in [0.25, 0.3) is 0 Å². The molecule has 0 saturated heterocycles. The minimum Gasteiger partial charge on any atom is -0.383 e. The van der Waals surface area contributed by atoms with E-state index in [-0.39, 0.29) is 22.6 Å². The second-order valence-corrected chi connectivity index (χ2v) is 7.98. The maximum absolute atomic E-state index is 12.1. The molecule has 1 heterocycles. The first kappa shape index (κ1) is 16.3. The molecule has 0 spiro atoms. The zero-order valence-electron chi connectivity index (χ0n) is 11.9. The molecule has 0 aliphatic carbocycles. The summed E-state index contributed by atoms with van der Waals surface area (Å²) in [5.41, 5.74) is 0.545. The van der Waals surface area contributed by atoms with E-state index in [1.807, 2.05) is 6.92 Å². The third kappa shape index (κ3) is 4.19. The smallest absolute Gasteiger partial charge is 0.240 e. The van der Waals surface area contributed by atoms with Gasteiger partial charge in [-0.25, -0.2) is 13.1 Å². The molecular weight excluding hydrogens is 312 g/mol. The van der Waals surface area contributed by atoms with Gasteiger partial charge in [-0.1, -0.05) is 6.92 Å². The molecule has 1 unspecified atom stereocenters. The van der Waals surface area contributed by atoms with Crippen LogP contribution in [0.2, 0.25) is 0 Å². The van der Waals surface area contributed by atoms with Crippen LogP contribution in [0.1, 0.15) is 13.3 Å². The first-order chi connectivity index (χ1) is 9.92. The largest absolute Gasteiger partial charge is 0.383 e. The number of nitrogens with one attached hydrogen (secondary N) is 2. The molecule has 0 saturated carbocycles. The summed E-state index contributed by atoms with van der Waals surface area (Å²) in [6, 6.07) is 4.77. The number of hydrogen-bond donors (Lipinski definition) is 2. The third-order valence-electron chi connectivity index (χ3n) is 2.93. The number of methoxy groups -OCH3 is 1. The number of thioether (sulfide) groups is 1. The van der Waals surface area contributed by atoms with Crippen molar-refractivity contribution in [2.75, 3.05) is 25.6 Å². The Morgan fingerprint density at radius 3 is 2.95 bits per heavy atom. The number of rotatable bonds is 5. The van der Waals surface area contributed by atoms with Crippen LogP contribution >= 0.6 is 11.8 Å². The standard InChI is InChI=1S/C13H18N2O4S2/c1-9-7-13(16)15-11-8-10(3-4-12(11)20-9)21(17,18)14-5-6-19-2/h3-4,8-9,14H,5-7H2,1-2H3,(H,15,16). The van der Waals surface area contributed by atoms with E-state index in [1.165, 1.54) is 13.2 Å². The molecule has 21 heavy (non-hydrogen) atoms. The summed E-state index contributed by atoms with van der Waals surface area (Å²) < 4.78 is 31.5. The Kier molecular flexibility index (Phi) is 5.26. The van der Waals surface area contributed by atoms with Gasteiger partial charge in [0.25, 0.3) is 0 Å². The average molecular weight is 330 g/mol. The number of amides is 1. The summed E-state index contributed by atoms with van der Waals surface area (Å²) in [5, 5.41) is 2.92. The Balaban J connectivity index is 2.26. The third-order valence-corrected chi connectivity index (χ3v) is 5.57. The lowest BCUT2D eigenvalue weighted by Gasteiger charge is -2.11. The van der Waals surface area contributed by atoms with Gasteiger partial charge in [0.2, 0.25) is 15.9 Å². The van der Waals surface area contributed by atoms with Crippen molar-refractivity contribution < 1.29 is 17.9 Å². The molecule has 1 aromatic carbocycles. The van der Waals surface area contributed by atoms with Gasteiger partial charge in [-0.3, -0.25) is 4.79 Å². The van der Waals surface area contributed by atoms with Crippen molar-refractivity contribution in [1.82, 2.24) is 4.72 Å². The predicted octanol–water partition coefficient (Wildman–Crippen LogP) is 1.43. The van der Waals surface area contributed by atoms with Crippen molar-refractivity contribution in [3.05, 3.63) is 18.2 Å². The van der Waals surface area contributed by atoms with E-state index in [1.54, 1.807) is 23.9 Å². The molecule has 1 aliphatic rings. The average Bonchev–Trinajstić information content (AvgIpc) is 2.54. The molecule has 0 fully saturated rings. The molecule has 2 rings (SSSR count). The highest BCUT2D eigenvalue weighted by atomic mass is 32.2. The van der Waals surface area contributed by atoms with E-state index in [9.17, 15) is 13.2 Å². The molecule has 116 valence electrons. The van der Waals surface area contributed by atoms with Gasteiger partial charge in [0.1, 0.15) is 0 Å². The summed E-state index contributed by atoms with van der Waals surface area (Å²) in [4.78, 5) is 12.7. The highest BCUT2D eigenvalue weighted by Crippen LogP contribution is 2.36. The SMILES string of the molecule is COCCNS(=O)(=O)c1ccc2c(c1)NC(=O)CC(C)S2. The minimum atomic E-state index is -3.60. The molecule has 8 heteroatoms. The van der Waals surface area contributed by atoms with Crippen molar-refractivity contribution in [3.8, 4) is 0 Å². The molecular formula is C13H18N2O4S2. The van der Waals surface area contributed by atoms with Crippen molar-refractivity contribution in [3.63, 3.8) is 0 Å². The minimum absolute atomic E-state index is 0.101. The summed E-state index contributed by atoms with van der Waals surface area (Å²) in [5.74, 6) is -0.101. The van der Waals surface area contributed by atoms with Crippen LogP contribution in [0.4, 0.5) is 5.69 Å². The normalized spacial score (nSPS) is 18.8. The lowest BCUT2D eigenvalue weighted by atomic mass is 10.3. The second-order valence-electron chi connectivity index (χ2n) is 4.73. The van der Waals surface area contributed by atoms with Crippen LogP contribution in [-0.4, -0.2) is 39.8 Å². The van der Waals surface area contributed by atoms with Gasteiger partial charge < -0.3 is 10.1 Å². The number of ether oxygens (including phenoxy) is 1. The number of benzene rings is 1. The van der Waals surface area contributed by atoms with E-state index in [0.717, 1.165) is 4.90 Å². The number of sulfonamides is 1. The molecule has 0 radical (unpaired) electrons. The fourth-order valence-electron chi connectivity index (χ4n) is 1.96. The molecule has 2 N–H and O–H groups in total. The highest BCUT2D eigenvalue weighted by Gasteiger charge is 2.21. The van der Waals surface area contributed by atoms with E-state index in [4.69, 9.17) is 4.74 Å². The lowest BCUT2D eigenvalue weighted by molar-refractivity contribution is -0.116. The Morgan fingerprint density at radius 2 is 2.24 bits per heavy atom. The van der Waals surface area contributed by atoms with Gasteiger partial charge in [0.05, 0.1) is 17.2 Å². The van der Waals surface area contributed by atoms with Crippen molar-refractivity contribution in [2.45, 2.75) is 28.4 Å². The zero-order chi connectivity index (χ0) is 15.5. The van der Waals surface area contributed by atoms with Gasteiger partial charge in [0.15, 0.2) is 0 Å². The van der Waals surface area contributed by atoms with Gasteiger partial charge in [-0.05, 0) is 18.2 Å². The van der Waals surface area contributed by atoms with Gasteiger partial charge in [-0.15, -0.1) is 11.8 Å². The predicted molar refractivity (Wildman–Crippen MR) is 82.1 cm³/mol. The molecule has 1 amide bonds. The summed E-state index contributed by atoms with van der Waals surface area (Å²) >= 11 is 1.56. The Morgan fingerprint density at radius 1 is 1.48 bits per heavy atom. The van der Waals surface area contributed by atoms with Gasteiger partial charge in [-0.2, -0.15) is 0 Å².